The SMILES string of the molecule is CC1CC(C)(C)CCC1NCC(O)CC(C)(C)C. The van der Waals surface area contributed by atoms with Crippen LogP contribution in [0.25, 0.3) is 0 Å². The molecule has 0 radical (unpaired) electrons. The van der Waals surface area contributed by atoms with E-state index in [2.05, 4.69) is 46.9 Å². The quantitative estimate of drug-likeness (QED) is 0.804. The van der Waals surface area contributed by atoms with Crippen LogP contribution >= 0.6 is 0 Å². The molecular weight excluding hydrogens is 222 g/mol. The molecule has 0 amide bonds. The number of aliphatic hydroxyl groups is 1. The van der Waals surface area contributed by atoms with Gasteiger partial charge in [0.15, 0.2) is 0 Å². The Kier molecular flexibility index (Phi) is 5.25. The molecule has 3 unspecified atom stereocenters. The molecule has 1 fully saturated rings. The van der Waals surface area contributed by atoms with E-state index in [0.717, 1.165) is 18.9 Å². The van der Waals surface area contributed by atoms with Crippen LogP contribution in [0.3, 0.4) is 0 Å². The molecule has 1 aliphatic carbocycles. The van der Waals surface area contributed by atoms with E-state index in [4.69, 9.17) is 0 Å². The van der Waals surface area contributed by atoms with Gasteiger partial charge in [0.05, 0.1) is 6.10 Å². The van der Waals surface area contributed by atoms with Crippen molar-refractivity contribution in [3.05, 3.63) is 0 Å². The number of hydrogen-bond acceptors (Lipinski definition) is 2. The average molecular weight is 255 g/mol. The first-order chi connectivity index (χ1) is 8.09. The Morgan fingerprint density at radius 1 is 1.33 bits per heavy atom. The van der Waals surface area contributed by atoms with Crippen LogP contribution in [0.4, 0.5) is 0 Å². The van der Waals surface area contributed by atoms with Gasteiger partial charge in [-0.15, -0.1) is 0 Å². The van der Waals surface area contributed by atoms with Crippen LogP contribution in [0.5, 0.6) is 0 Å². The van der Waals surface area contributed by atoms with Gasteiger partial charge in [-0.25, -0.2) is 0 Å². The molecule has 0 aromatic heterocycles. The van der Waals surface area contributed by atoms with Gasteiger partial charge in [-0.05, 0) is 42.4 Å². The molecular formula is C16H33NO. The molecule has 1 rings (SSSR count). The molecule has 0 bridgehead atoms. The zero-order valence-electron chi connectivity index (χ0n) is 13.2. The summed E-state index contributed by atoms with van der Waals surface area (Å²) in [6, 6.07) is 0.590. The summed E-state index contributed by atoms with van der Waals surface area (Å²) in [5, 5.41) is 13.6. The zero-order valence-corrected chi connectivity index (χ0v) is 13.2. The number of aliphatic hydroxyl groups excluding tert-OH is 1. The van der Waals surface area contributed by atoms with Gasteiger partial charge in [-0.3, -0.25) is 0 Å². The van der Waals surface area contributed by atoms with Crippen LogP contribution in [-0.2, 0) is 0 Å². The minimum atomic E-state index is -0.216. The number of nitrogens with one attached hydrogen (secondary N) is 1. The topological polar surface area (TPSA) is 32.3 Å². The van der Waals surface area contributed by atoms with E-state index in [0.29, 0.717) is 11.5 Å². The predicted octanol–water partition coefficient (Wildman–Crippen LogP) is 3.59. The van der Waals surface area contributed by atoms with Crippen LogP contribution in [0, 0.1) is 16.7 Å². The van der Waals surface area contributed by atoms with Gasteiger partial charge in [0.25, 0.3) is 0 Å². The maximum Gasteiger partial charge on any atom is 0.0669 e. The van der Waals surface area contributed by atoms with E-state index >= 15 is 0 Å². The van der Waals surface area contributed by atoms with Crippen molar-refractivity contribution in [3.8, 4) is 0 Å². The first kappa shape index (κ1) is 16.0. The molecule has 0 aromatic carbocycles. The van der Waals surface area contributed by atoms with E-state index in [9.17, 15) is 5.11 Å². The third-order valence-electron chi connectivity index (χ3n) is 4.16. The standard InChI is InChI=1S/C16H33NO/c1-12-9-16(5,6)8-7-14(12)17-11-13(18)10-15(2,3)4/h12-14,17-18H,7-11H2,1-6H3. The molecule has 1 saturated carbocycles. The fraction of sp³-hybridized carbons (Fsp3) is 1.00. The zero-order chi connectivity index (χ0) is 14.0. The summed E-state index contributed by atoms with van der Waals surface area (Å²) < 4.78 is 0. The Morgan fingerprint density at radius 2 is 1.94 bits per heavy atom. The Morgan fingerprint density at radius 3 is 2.44 bits per heavy atom. The Hall–Kier alpha value is -0.0800. The first-order valence-corrected chi connectivity index (χ1v) is 7.50. The van der Waals surface area contributed by atoms with Crippen molar-refractivity contribution in [2.75, 3.05) is 6.54 Å². The second-order valence-corrected chi connectivity index (χ2v) is 8.32. The van der Waals surface area contributed by atoms with Crippen molar-refractivity contribution in [2.24, 2.45) is 16.7 Å². The van der Waals surface area contributed by atoms with Gasteiger partial charge in [-0.1, -0.05) is 41.5 Å². The minimum absolute atomic E-state index is 0.210. The van der Waals surface area contributed by atoms with Crippen molar-refractivity contribution < 1.29 is 5.11 Å². The van der Waals surface area contributed by atoms with E-state index in [1.807, 2.05) is 0 Å². The molecule has 0 spiro atoms. The van der Waals surface area contributed by atoms with Crippen LogP contribution in [0.1, 0.15) is 67.2 Å². The largest absolute Gasteiger partial charge is 0.392 e. The normalized spacial score (nSPS) is 30.2. The maximum absolute atomic E-state index is 10.0. The summed E-state index contributed by atoms with van der Waals surface area (Å²) in [6.45, 7) is 14.4. The van der Waals surface area contributed by atoms with Gasteiger partial charge in [0, 0.05) is 12.6 Å². The lowest BCUT2D eigenvalue weighted by molar-refractivity contribution is 0.0980. The van der Waals surface area contributed by atoms with Crippen molar-refractivity contribution in [2.45, 2.75) is 79.4 Å². The molecule has 0 heterocycles. The molecule has 0 aliphatic heterocycles. The van der Waals surface area contributed by atoms with Crippen molar-refractivity contribution >= 4 is 0 Å². The van der Waals surface area contributed by atoms with E-state index < -0.39 is 0 Å². The van der Waals surface area contributed by atoms with Crippen LogP contribution in [-0.4, -0.2) is 23.8 Å². The summed E-state index contributed by atoms with van der Waals surface area (Å²) in [7, 11) is 0. The highest BCUT2D eigenvalue weighted by Gasteiger charge is 2.32. The third-order valence-corrected chi connectivity index (χ3v) is 4.16. The summed E-state index contributed by atoms with van der Waals surface area (Å²) in [4.78, 5) is 0. The molecule has 1 aliphatic rings. The lowest BCUT2D eigenvalue weighted by Crippen LogP contribution is -2.44. The van der Waals surface area contributed by atoms with Crippen LogP contribution in [0.15, 0.2) is 0 Å². The summed E-state index contributed by atoms with van der Waals surface area (Å²) in [6.07, 6.45) is 4.49. The maximum atomic E-state index is 10.0. The average Bonchev–Trinajstić information content (AvgIpc) is 2.12. The highest BCUT2D eigenvalue weighted by molar-refractivity contribution is 4.87. The smallest absolute Gasteiger partial charge is 0.0669 e. The second kappa shape index (κ2) is 5.92. The summed E-state index contributed by atoms with van der Waals surface area (Å²) >= 11 is 0. The molecule has 0 aromatic rings. The monoisotopic (exact) mass is 255 g/mol. The summed E-state index contributed by atoms with van der Waals surface area (Å²) in [5.41, 5.74) is 0.711. The van der Waals surface area contributed by atoms with Gasteiger partial charge in [-0.2, -0.15) is 0 Å². The van der Waals surface area contributed by atoms with Crippen molar-refractivity contribution in [3.63, 3.8) is 0 Å². The summed E-state index contributed by atoms with van der Waals surface area (Å²) in [5.74, 6) is 0.718. The fourth-order valence-electron chi connectivity index (χ4n) is 3.32. The molecule has 2 N–H and O–H groups in total. The van der Waals surface area contributed by atoms with Gasteiger partial charge < -0.3 is 10.4 Å². The third kappa shape index (κ3) is 5.71. The Balaban J connectivity index is 2.32. The lowest BCUT2D eigenvalue weighted by atomic mass is 9.70. The molecule has 18 heavy (non-hydrogen) atoms. The lowest BCUT2D eigenvalue weighted by Gasteiger charge is -2.40. The fourth-order valence-corrected chi connectivity index (χ4v) is 3.32. The molecule has 2 heteroatoms. The highest BCUT2D eigenvalue weighted by atomic mass is 16.3. The molecule has 3 atom stereocenters. The first-order valence-electron chi connectivity index (χ1n) is 7.50. The molecule has 0 saturated heterocycles. The van der Waals surface area contributed by atoms with Crippen molar-refractivity contribution in [1.82, 2.24) is 5.32 Å². The van der Waals surface area contributed by atoms with Crippen molar-refractivity contribution in [1.29, 1.82) is 0 Å². The van der Waals surface area contributed by atoms with Crippen LogP contribution in [0.2, 0.25) is 0 Å². The highest BCUT2D eigenvalue weighted by Crippen LogP contribution is 2.38. The van der Waals surface area contributed by atoms with E-state index in [-0.39, 0.29) is 11.5 Å². The Bertz CT molecular complexity index is 254. The Labute approximate surface area is 114 Å². The number of rotatable bonds is 4. The van der Waals surface area contributed by atoms with Gasteiger partial charge >= 0.3 is 0 Å². The van der Waals surface area contributed by atoms with E-state index in [1.54, 1.807) is 0 Å². The predicted molar refractivity (Wildman–Crippen MR) is 78.7 cm³/mol. The minimum Gasteiger partial charge on any atom is -0.392 e. The van der Waals surface area contributed by atoms with Crippen LogP contribution < -0.4 is 5.32 Å². The van der Waals surface area contributed by atoms with Gasteiger partial charge in [0.1, 0.15) is 0 Å². The second-order valence-electron chi connectivity index (χ2n) is 8.32. The molecule has 108 valence electrons. The van der Waals surface area contributed by atoms with E-state index in [1.165, 1.54) is 19.3 Å². The number of hydrogen-bond donors (Lipinski definition) is 2. The molecule has 2 nitrogen and oxygen atoms in total. The van der Waals surface area contributed by atoms with Gasteiger partial charge in [0.2, 0.25) is 0 Å².